The fraction of sp³-hybridized carbons (Fsp3) is 1.00. The lowest BCUT2D eigenvalue weighted by Gasteiger charge is -2.40. The molecule has 0 aromatic rings. The number of phosphoric acid groups is 2. The van der Waals surface area contributed by atoms with Crippen LogP contribution in [-0.2, 0) is 37.1 Å². The van der Waals surface area contributed by atoms with Crippen molar-refractivity contribution >= 4 is 15.6 Å². The van der Waals surface area contributed by atoms with E-state index in [0.717, 1.165) is 38.5 Å². The molecule has 22 nitrogen and oxygen atoms in total. The molecular formula is C22H56N4O18P2. The fourth-order valence-electron chi connectivity index (χ4n) is 4.39. The van der Waals surface area contributed by atoms with Gasteiger partial charge in [-0.2, -0.15) is 0 Å². The van der Waals surface area contributed by atoms with Crippen LogP contribution >= 0.6 is 15.6 Å². The third kappa shape index (κ3) is 17.9. The van der Waals surface area contributed by atoms with Gasteiger partial charge < -0.3 is 93.8 Å². The van der Waals surface area contributed by atoms with Crippen molar-refractivity contribution in [3.8, 4) is 0 Å². The number of aliphatic hydroxyl groups excluding tert-OH is 6. The van der Waals surface area contributed by atoms with Crippen LogP contribution in [0, 0.1) is 0 Å². The predicted octanol–water partition coefficient (Wildman–Crippen LogP) is -1.38. The average molecular weight is 727 g/mol. The molecule has 2 rings (SSSR count). The number of hydrogen-bond acceptors (Lipinski definition) is 18. The van der Waals surface area contributed by atoms with Crippen molar-refractivity contribution in [2.45, 2.75) is 113 Å². The lowest BCUT2D eigenvalue weighted by Crippen LogP contribution is -2.59. The van der Waals surface area contributed by atoms with Crippen LogP contribution in [0.5, 0.6) is 0 Å². The Morgan fingerprint density at radius 1 is 0.457 bits per heavy atom. The third-order valence-electron chi connectivity index (χ3n) is 6.75. The van der Waals surface area contributed by atoms with Crippen LogP contribution in [0.2, 0.25) is 0 Å². The second kappa shape index (κ2) is 23.9. The van der Waals surface area contributed by atoms with Gasteiger partial charge in [-0.15, -0.1) is 0 Å². The fourth-order valence-corrected chi connectivity index (χ4v) is 5.07. The molecule has 2 heterocycles. The van der Waals surface area contributed by atoms with Crippen molar-refractivity contribution in [3.05, 3.63) is 0 Å². The summed E-state index contributed by atoms with van der Waals surface area (Å²) in [6.07, 6.45) is -8.35. The van der Waals surface area contributed by atoms with Gasteiger partial charge in [0, 0.05) is 13.2 Å². The Kier molecular flexibility index (Phi) is 26.0. The molecular weight excluding hydrogens is 670 g/mol. The van der Waals surface area contributed by atoms with E-state index in [4.69, 9.17) is 38.5 Å². The summed E-state index contributed by atoms with van der Waals surface area (Å²) < 4.78 is 51.9. The highest BCUT2D eigenvalue weighted by Crippen LogP contribution is 2.38. The maximum absolute atomic E-state index is 10.9. The van der Waals surface area contributed by atoms with Crippen LogP contribution in [0.15, 0.2) is 0 Å². The molecule has 0 radical (unpaired) electrons. The molecule has 46 heavy (non-hydrogen) atoms. The van der Waals surface area contributed by atoms with Gasteiger partial charge in [0.05, 0.1) is 13.2 Å². The Labute approximate surface area is 267 Å². The number of ether oxygens (including phenoxy) is 4. The van der Waals surface area contributed by atoms with Gasteiger partial charge in [-0.3, -0.25) is 9.05 Å². The zero-order chi connectivity index (χ0) is 31.5. The Morgan fingerprint density at radius 3 is 1.02 bits per heavy atom. The highest BCUT2D eigenvalue weighted by Gasteiger charge is 2.46. The molecule has 2 saturated heterocycles. The molecule has 0 aliphatic carbocycles. The molecule has 2 aliphatic rings. The van der Waals surface area contributed by atoms with Gasteiger partial charge in [0.25, 0.3) is 0 Å². The van der Waals surface area contributed by atoms with Gasteiger partial charge in [0.1, 0.15) is 48.8 Å². The molecule has 0 bridgehead atoms. The first-order valence-corrected chi connectivity index (χ1v) is 16.7. The highest BCUT2D eigenvalue weighted by atomic mass is 31.2. The summed E-state index contributed by atoms with van der Waals surface area (Å²) in [6.45, 7) is -1.05. The number of phosphoric ester groups is 2. The van der Waals surface area contributed by atoms with E-state index in [0.29, 0.717) is 12.8 Å². The molecule has 0 aromatic carbocycles. The van der Waals surface area contributed by atoms with Crippen LogP contribution in [0.3, 0.4) is 0 Å². The van der Waals surface area contributed by atoms with Gasteiger partial charge in [-0.05, 0) is 12.8 Å². The minimum absolute atomic E-state index is 0. The summed E-state index contributed by atoms with van der Waals surface area (Å²) in [6, 6.07) is 0. The zero-order valence-corrected chi connectivity index (χ0v) is 27.5. The first-order chi connectivity index (χ1) is 19.6. The molecule has 24 heteroatoms. The lowest BCUT2D eigenvalue weighted by atomic mass is 9.99. The first-order valence-electron chi connectivity index (χ1n) is 13.6. The van der Waals surface area contributed by atoms with E-state index < -0.39 is 90.3 Å². The van der Waals surface area contributed by atoms with Crippen molar-refractivity contribution in [2.75, 3.05) is 26.4 Å². The van der Waals surface area contributed by atoms with Gasteiger partial charge in [-0.1, -0.05) is 38.5 Å². The normalized spacial score (nSPS) is 31.5. The summed E-state index contributed by atoms with van der Waals surface area (Å²) in [5, 5.41) is 59.9. The van der Waals surface area contributed by atoms with Crippen LogP contribution in [0.25, 0.3) is 0 Å². The number of unbranched alkanes of at least 4 members (excludes halogenated alkanes) is 7. The average Bonchev–Trinajstić information content (AvgIpc) is 2.91. The summed E-state index contributed by atoms with van der Waals surface area (Å²) in [4.78, 5) is 35.2. The van der Waals surface area contributed by atoms with E-state index >= 15 is 0 Å². The van der Waals surface area contributed by atoms with Crippen LogP contribution < -0.4 is 24.6 Å². The van der Waals surface area contributed by atoms with Crippen LogP contribution in [-0.4, -0.2) is 138 Å². The second-order valence-corrected chi connectivity index (χ2v) is 12.7. The quantitative estimate of drug-likeness (QED) is 0.0538. The molecule has 0 saturated carbocycles. The van der Waals surface area contributed by atoms with Crippen molar-refractivity contribution < 1.29 is 87.3 Å². The van der Waals surface area contributed by atoms with Crippen molar-refractivity contribution in [1.82, 2.24) is 24.6 Å². The number of aliphatic hydroxyl groups is 6. The summed E-state index contributed by atoms with van der Waals surface area (Å²) in [5.74, 6) is 0. The van der Waals surface area contributed by atoms with E-state index in [1.165, 1.54) is 0 Å². The second-order valence-electron chi connectivity index (χ2n) is 10.2. The van der Waals surface area contributed by atoms with E-state index in [1.54, 1.807) is 0 Å². The molecule has 2 aliphatic heterocycles. The molecule has 22 N–H and O–H groups in total. The van der Waals surface area contributed by atoms with Crippen molar-refractivity contribution in [1.29, 1.82) is 0 Å². The van der Waals surface area contributed by atoms with E-state index in [1.807, 2.05) is 0 Å². The van der Waals surface area contributed by atoms with E-state index in [2.05, 4.69) is 9.05 Å². The predicted molar refractivity (Wildman–Crippen MR) is 158 cm³/mol. The number of rotatable bonds is 19. The highest BCUT2D eigenvalue weighted by molar-refractivity contribution is 7.46. The summed E-state index contributed by atoms with van der Waals surface area (Å²) in [5.41, 5.74) is 0. The molecule has 0 spiro atoms. The van der Waals surface area contributed by atoms with E-state index in [-0.39, 0.29) is 37.8 Å². The SMILES string of the molecule is N.N.N.N.O=P(O)(O)OC[C@H]1O[C@H](OCCCCCCCCCCO[C@H]2O[C@H](COP(=O)(O)O)[C@@H](O)[C@H](O)[C@@H]2O)[C@@H](O)[C@@H](O)[C@@H]1O. The molecule has 2 fully saturated rings. The van der Waals surface area contributed by atoms with Gasteiger partial charge in [0.15, 0.2) is 12.6 Å². The van der Waals surface area contributed by atoms with Gasteiger partial charge >= 0.3 is 15.6 Å². The number of hydrogen-bond donors (Lipinski definition) is 14. The Balaban J connectivity index is -0.00000462. The maximum atomic E-state index is 10.9. The van der Waals surface area contributed by atoms with Gasteiger partial charge in [-0.25, -0.2) is 9.13 Å². The molecule has 282 valence electrons. The third-order valence-corrected chi connectivity index (χ3v) is 7.72. The molecule has 0 unspecified atom stereocenters. The van der Waals surface area contributed by atoms with Gasteiger partial charge in [0.2, 0.25) is 0 Å². The standard InChI is InChI=1S/C22H44O18P2.4H3N/c23-15-13(11-37-41(29,30)31)39-21(19(27)17(15)25)35-9-7-5-3-1-2-4-6-8-10-36-22-20(28)18(26)16(24)14(40-22)12-38-42(32,33)34;;;;/h13-28H,1-12H2,(H2,29,30,31)(H2,32,33,34);4*1H3/t13-,14-,15-,16-,17+,18+,19+,20+,21+,22+;;;;/m1..../s1. The lowest BCUT2D eigenvalue weighted by molar-refractivity contribution is -0.300. The summed E-state index contributed by atoms with van der Waals surface area (Å²) in [7, 11) is -9.64. The van der Waals surface area contributed by atoms with Crippen molar-refractivity contribution in [3.63, 3.8) is 0 Å². The first kappa shape index (κ1) is 50.0. The largest absolute Gasteiger partial charge is 0.469 e. The zero-order valence-electron chi connectivity index (χ0n) is 25.7. The topological polar surface area (TPSA) is 432 Å². The minimum Gasteiger partial charge on any atom is -0.387 e. The summed E-state index contributed by atoms with van der Waals surface area (Å²) >= 11 is 0. The van der Waals surface area contributed by atoms with Crippen molar-refractivity contribution in [2.24, 2.45) is 0 Å². The Bertz CT molecular complexity index is 807. The minimum atomic E-state index is -4.82. The molecule has 0 amide bonds. The van der Waals surface area contributed by atoms with E-state index in [9.17, 15) is 39.8 Å². The van der Waals surface area contributed by atoms with Crippen LogP contribution in [0.1, 0.15) is 51.4 Å². The Morgan fingerprint density at radius 2 is 0.739 bits per heavy atom. The smallest absolute Gasteiger partial charge is 0.387 e. The Hall–Kier alpha value is -0.340. The molecule has 10 atom stereocenters. The maximum Gasteiger partial charge on any atom is 0.469 e. The monoisotopic (exact) mass is 726 g/mol. The van der Waals surface area contributed by atoms with Crippen LogP contribution in [0.4, 0.5) is 0 Å². The molecule has 0 aromatic heterocycles.